The Morgan fingerprint density at radius 3 is 2.53 bits per heavy atom. The molecule has 0 bridgehead atoms. The highest BCUT2D eigenvalue weighted by Gasteiger charge is 2.34. The maximum absolute atomic E-state index is 9.89. The molecule has 0 radical (unpaired) electrons. The number of aliphatic hydroxyl groups is 1. The van der Waals surface area contributed by atoms with E-state index in [0.29, 0.717) is 0 Å². The van der Waals surface area contributed by atoms with Gasteiger partial charge in [-0.1, -0.05) is 13.8 Å². The van der Waals surface area contributed by atoms with Crippen molar-refractivity contribution in [3.8, 4) is 0 Å². The van der Waals surface area contributed by atoms with Crippen molar-refractivity contribution < 1.29 is 5.11 Å². The molecule has 1 aliphatic rings. The van der Waals surface area contributed by atoms with Gasteiger partial charge in [0.25, 0.3) is 0 Å². The summed E-state index contributed by atoms with van der Waals surface area (Å²) in [6.45, 7) is 15.2. The number of rotatable bonds is 4. The van der Waals surface area contributed by atoms with Crippen molar-refractivity contribution in [2.75, 3.05) is 26.2 Å². The lowest BCUT2D eigenvalue weighted by Crippen LogP contribution is -2.49. The van der Waals surface area contributed by atoms with Gasteiger partial charge in [0.2, 0.25) is 0 Å². The van der Waals surface area contributed by atoms with Crippen LogP contribution in [0, 0.1) is 5.41 Å². The van der Waals surface area contributed by atoms with Gasteiger partial charge >= 0.3 is 0 Å². The maximum atomic E-state index is 9.89. The SMILES string of the molecule is CC(C)(C)NCCCN1CCC(O)C(C)(C)C1. The van der Waals surface area contributed by atoms with Gasteiger partial charge in [-0.25, -0.2) is 0 Å². The molecule has 1 rings (SSSR count). The molecule has 0 saturated carbocycles. The molecule has 1 saturated heterocycles. The molecule has 0 aromatic rings. The summed E-state index contributed by atoms with van der Waals surface area (Å²) in [6, 6.07) is 0. The summed E-state index contributed by atoms with van der Waals surface area (Å²) in [4.78, 5) is 2.48. The van der Waals surface area contributed by atoms with Crippen molar-refractivity contribution in [2.24, 2.45) is 5.41 Å². The largest absolute Gasteiger partial charge is 0.392 e. The maximum Gasteiger partial charge on any atom is 0.0615 e. The average Bonchev–Trinajstić information content (AvgIpc) is 2.16. The molecule has 1 atom stereocenters. The molecule has 0 aromatic heterocycles. The highest BCUT2D eigenvalue weighted by molar-refractivity contribution is 4.86. The standard InChI is InChI=1S/C14H30N2O/c1-13(2,3)15-8-6-9-16-10-7-12(17)14(4,5)11-16/h12,15,17H,6-11H2,1-5H3. The molecule has 1 unspecified atom stereocenters. The minimum Gasteiger partial charge on any atom is -0.392 e. The second-order valence-electron chi connectivity index (χ2n) is 7.10. The van der Waals surface area contributed by atoms with Gasteiger partial charge < -0.3 is 15.3 Å². The smallest absolute Gasteiger partial charge is 0.0615 e. The molecule has 0 spiro atoms. The summed E-state index contributed by atoms with van der Waals surface area (Å²) < 4.78 is 0. The van der Waals surface area contributed by atoms with E-state index >= 15 is 0 Å². The summed E-state index contributed by atoms with van der Waals surface area (Å²) >= 11 is 0. The van der Waals surface area contributed by atoms with Gasteiger partial charge in [0.15, 0.2) is 0 Å². The zero-order valence-corrected chi connectivity index (χ0v) is 12.2. The molecular formula is C14H30N2O. The first-order valence-corrected chi connectivity index (χ1v) is 6.86. The summed E-state index contributed by atoms with van der Waals surface area (Å²) in [5.41, 5.74) is 0.271. The minimum atomic E-state index is -0.133. The number of piperidine rings is 1. The number of hydrogen-bond acceptors (Lipinski definition) is 3. The van der Waals surface area contributed by atoms with Crippen LogP contribution in [0.5, 0.6) is 0 Å². The molecule has 1 heterocycles. The highest BCUT2D eigenvalue weighted by atomic mass is 16.3. The molecule has 1 aliphatic heterocycles. The Morgan fingerprint density at radius 1 is 1.35 bits per heavy atom. The molecule has 0 amide bonds. The number of nitrogens with one attached hydrogen (secondary N) is 1. The van der Waals surface area contributed by atoms with Gasteiger partial charge in [-0.05, 0) is 46.7 Å². The quantitative estimate of drug-likeness (QED) is 0.739. The molecule has 3 heteroatoms. The fourth-order valence-corrected chi connectivity index (χ4v) is 2.41. The first-order chi connectivity index (χ1) is 7.71. The topological polar surface area (TPSA) is 35.5 Å². The van der Waals surface area contributed by atoms with E-state index in [1.165, 1.54) is 6.42 Å². The summed E-state index contributed by atoms with van der Waals surface area (Å²) in [6.07, 6.45) is 1.97. The molecule has 1 fully saturated rings. The third-order valence-electron chi connectivity index (χ3n) is 3.56. The predicted octanol–water partition coefficient (Wildman–Crippen LogP) is 1.86. The summed E-state index contributed by atoms with van der Waals surface area (Å²) in [5.74, 6) is 0. The van der Waals surface area contributed by atoms with Crippen LogP contribution in [0.25, 0.3) is 0 Å². The van der Waals surface area contributed by atoms with Gasteiger partial charge in [-0.3, -0.25) is 0 Å². The Hall–Kier alpha value is -0.120. The van der Waals surface area contributed by atoms with Crippen LogP contribution in [0.4, 0.5) is 0 Å². The fourth-order valence-electron chi connectivity index (χ4n) is 2.41. The minimum absolute atomic E-state index is 0.0513. The van der Waals surface area contributed by atoms with Crippen molar-refractivity contribution in [2.45, 2.75) is 59.1 Å². The monoisotopic (exact) mass is 242 g/mol. The highest BCUT2D eigenvalue weighted by Crippen LogP contribution is 2.28. The average molecular weight is 242 g/mol. The first kappa shape index (κ1) is 14.9. The van der Waals surface area contributed by atoms with Gasteiger partial charge in [0.1, 0.15) is 0 Å². The lowest BCUT2D eigenvalue weighted by Gasteiger charge is -2.42. The van der Waals surface area contributed by atoms with E-state index in [4.69, 9.17) is 0 Å². The van der Waals surface area contributed by atoms with E-state index in [1.54, 1.807) is 0 Å². The Balaban J connectivity index is 2.21. The third kappa shape index (κ3) is 5.36. The Morgan fingerprint density at radius 2 is 2.00 bits per heavy atom. The van der Waals surface area contributed by atoms with E-state index in [9.17, 15) is 5.11 Å². The van der Waals surface area contributed by atoms with Crippen LogP contribution in [0.3, 0.4) is 0 Å². The van der Waals surface area contributed by atoms with E-state index in [1.807, 2.05) is 0 Å². The van der Waals surface area contributed by atoms with Gasteiger partial charge in [0.05, 0.1) is 6.10 Å². The van der Waals surface area contributed by atoms with Crippen LogP contribution in [-0.4, -0.2) is 47.8 Å². The van der Waals surface area contributed by atoms with Gasteiger partial charge in [-0.15, -0.1) is 0 Å². The molecule has 2 N–H and O–H groups in total. The number of hydrogen-bond donors (Lipinski definition) is 2. The predicted molar refractivity (Wildman–Crippen MR) is 73.2 cm³/mol. The molecule has 102 valence electrons. The van der Waals surface area contributed by atoms with Crippen molar-refractivity contribution >= 4 is 0 Å². The van der Waals surface area contributed by atoms with Gasteiger partial charge in [0, 0.05) is 24.0 Å². The van der Waals surface area contributed by atoms with E-state index in [0.717, 1.165) is 32.6 Å². The van der Waals surface area contributed by atoms with Crippen LogP contribution in [0.15, 0.2) is 0 Å². The van der Waals surface area contributed by atoms with E-state index in [2.05, 4.69) is 44.8 Å². The number of nitrogens with zero attached hydrogens (tertiary/aromatic N) is 1. The Kier molecular flexibility index (Phi) is 4.99. The molecule has 0 aromatic carbocycles. The molecule has 17 heavy (non-hydrogen) atoms. The van der Waals surface area contributed by atoms with Crippen molar-refractivity contribution in [3.63, 3.8) is 0 Å². The molecule has 0 aliphatic carbocycles. The Bertz CT molecular complexity index is 233. The number of likely N-dealkylation sites (tertiary alicyclic amines) is 1. The van der Waals surface area contributed by atoms with Crippen molar-refractivity contribution in [1.82, 2.24) is 10.2 Å². The summed E-state index contributed by atoms with van der Waals surface area (Å²) in [5, 5.41) is 13.4. The van der Waals surface area contributed by atoms with Crippen LogP contribution in [-0.2, 0) is 0 Å². The van der Waals surface area contributed by atoms with Crippen molar-refractivity contribution in [3.05, 3.63) is 0 Å². The second kappa shape index (κ2) is 5.68. The third-order valence-corrected chi connectivity index (χ3v) is 3.56. The van der Waals surface area contributed by atoms with Crippen LogP contribution in [0.2, 0.25) is 0 Å². The fraction of sp³-hybridized carbons (Fsp3) is 1.00. The lowest BCUT2D eigenvalue weighted by molar-refractivity contribution is -0.0245. The van der Waals surface area contributed by atoms with Crippen LogP contribution in [0.1, 0.15) is 47.5 Å². The van der Waals surface area contributed by atoms with Crippen LogP contribution >= 0.6 is 0 Å². The first-order valence-electron chi connectivity index (χ1n) is 6.86. The number of aliphatic hydroxyl groups excluding tert-OH is 1. The van der Waals surface area contributed by atoms with Gasteiger partial charge in [-0.2, -0.15) is 0 Å². The summed E-state index contributed by atoms with van der Waals surface area (Å²) in [7, 11) is 0. The van der Waals surface area contributed by atoms with E-state index < -0.39 is 0 Å². The van der Waals surface area contributed by atoms with E-state index in [-0.39, 0.29) is 17.1 Å². The normalized spacial score (nSPS) is 26.1. The lowest BCUT2D eigenvalue weighted by atomic mass is 9.81. The molecule has 3 nitrogen and oxygen atoms in total. The second-order valence-corrected chi connectivity index (χ2v) is 7.10. The van der Waals surface area contributed by atoms with Crippen LogP contribution < -0.4 is 5.32 Å². The Labute approximate surface area is 107 Å². The zero-order chi connectivity index (χ0) is 13.1. The molecular weight excluding hydrogens is 212 g/mol. The zero-order valence-electron chi connectivity index (χ0n) is 12.2. The van der Waals surface area contributed by atoms with Crippen molar-refractivity contribution in [1.29, 1.82) is 0 Å².